The second kappa shape index (κ2) is 7.80. The highest BCUT2D eigenvalue weighted by Gasteiger charge is 2.34. The molecule has 2 aromatic rings. The molecule has 2 aliphatic heterocycles. The first kappa shape index (κ1) is 18.2. The first-order valence-corrected chi connectivity index (χ1v) is 10.1. The van der Waals surface area contributed by atoms with E-state index in [1.54, 1.807) is 6.07 Å². The summed E-state index contributed by atoms with van der Waals surface area (Å²) < 4.78 is 0. The van der Waals surface area contributed by atoms with Crippen molar-refractivity contribution < 1.29 is 4.79 Å². The van der Waals surface area contributed by atoms with E-state index in [1.165, 1.54) is 45.2 Å². The predicted octanol–water partition coefficient (Wildman–Crippen LogP) is 2.19. The summed E-state index contributed by atoms with van der Waals surface area (Å²) in [5, 5.41) is 8.02. The highest BCUT2D eigenvalue weighted by Crippen LogP contribution is 2.31. The number of benzene rings is 1. The molecule has 27 heavy (non-hydrogen) atoms. The number of carbonyl (C=O) groups excluding carboxylic acids is 1. The number of hydrogen-bond acceptors (Lipinski definition) is 4. The molecule has 6 heteroatoms. The number of aromatic amines is 1. The fraction of sp³-hybridized carbons (Fsp3) is 0.571. The number of likely N-dealkylation sites (N-methyl/N-ethyl adjacent to an activating group) is 1. The Bertz CT molecular complexity index is 876. The molecule has 2 saturated heterocycles. The quantitative estimate of drug-likeness (QED) is 0.898. The summed E-state index contributed by atoms with van der Waals surface area (Å²) in [4.78, 5) is 29.3. The number of aromatic nitrogens is 2. The van der Waals surface area contributed by atoms with Gasteiger partial charge in [0.25, 0.3) is 5.56 Å². The number of nitrogens with one attached hydrogen (secondary N) is 1. The van der Waals surface area contributed by atoms with Gasteiger partial charge in [-0.1, -0.05) is 24.6 Å². The van der Waals surface area contributed by atoms with Crippen LogP contribution in [0.25, 0.3) is 10.8 Å². The topological polar surface area (TPSA) is 69.3 Å². The summed E-state index contributed by atoms with van der Waals surface area (Å²) in [6.45, 7) is 3.24. The van der Waals surface area contributed by atoms with Crippen molar-refractivity contribution in [2.45, 2.75) is 44.6 Å². The lowest BCUT2D eigenvalue weighted by Gasteiger charge is -2.45. The lowest BCUT2D eigenvalue weighted by atomic mass is 9.83. The van der Waals surface area contributed by atoms with Gasteiger partial charge in [-0.3, -0.25) is 9.59 Å². The molecule has 3 heterocycles. The van der Waals surface area contributed by atoms with E-state index in [0.717, 1.165) is 11.9 Å². The van der Waals surface area contributed by atoms with Crippen LogP contribution in [0.15, 0.2) is 29.1 Å². The smallest absolute Gasteiger partial charge is 0.272 e. The summed E-state index contributed by atoms with van der Waals surface area (Å²) in [5.41, 5.74) is 0.430. The number of amides is 1. The van der Waals surface area contributed by atoms with Crippen molar-refractivity contribution >= 4 is 16.7 Å². The van der Waals surface area contributed by atoms with Gasteiger partial charge in [0.15, 0.2) is 0 Å². The average Bonchev–Trinajstić information content (AvgIpc) is 2.70. The average molecular weight is 368 g/mol. The largest absolute Gasteiger partial charge is 0.345 e. The summed E-state index contributed by atoms with van der Waals surface area (Å²) in [7, 11) is 1.90. The van der Waals surface area contributed by atoms with Gasteiger partial charge in [-0.25, -0.2) is 5.10 Å². The number of hydrogen-bond donors (Lipinski definition) is 1. The van der Waals surface area contributed by atoms with E-state index < -0.39 is 0 Å². The van der Waals surface area contributed by atoms with Crippen LogP contribution in [-0.2, 0) is 11.2 Å². The molecule has 0 aliphatic carbocycles. The monoisotopic (exact) mass is 368 g/mol. The zero-order chi connectivity index (χ0) is 18.8. The maximum atomic E-state index is 12.9. The number of H-pyrrole nitrogens is 1. The number of rotatable bonds is 4. The molecule has 1 aromatic carbocycles. The van der Waals surface area contributed by atoms with Crippen molar-refractivity contribution in [3.05, 3.63) is 40.3 Å². The van der Waals surface area contributed by atoms with Gasteiger partial charge in [-0.05, 0) is 50.8 Å². The van der Waals surface area contributed by atoms with Crippen LogP contribution in [0.5, 0.6) is 0 Å². The molecular formula is C21H28N4O2. The zero-order valence-electron chi connectivity index (χ0n) is 16.0. The van der Waals surface area contributed by atoms with Gasteiger partial charge >= 0.3 is 0 Å². The third-order valence-electron chi connectivity index (χ3n) is 6.26. The van der Waals surface area contributed by atoms with Gasteiger partial charge in [0.05, 0.1) is 17.5 Å². The molecule has 2 fully saturated rings. The van der Waals surface area contributed by atoms with Gasteiger partial charge in [0, 0.05) is 25.0 Å². The fourth-order valence-electron chi connectivity index (χ4n) is 4.83. The lowest BCUT2D eigenvalue weighted by Crippen LogP contribution is -2.51. The number of carbonyl (C=O) groups is 1. The maximum absolute atomic E-state index is 12.9. The van der Waals surface area contributed by atoms with Crippen molar-refractivity contribution in [2.75, 3.05) is 26.7 Å². The molecular weight excluding hydrogens is 340 g/mol. The minimum absolute atomic E-state index is 0.0626. The highest BCUT2D eigenvalue weighted by atomic mass is 16.2. The van der Waals surface area contributed by atoms with E-state index in [9.17, 15) is 9.59 Å². The Balaban J connectivity index is 1.45. The number of piperidine rings is 2. The van der Waals surface area contributed by atoms with Crippen LogP contribution < -0.4 is 5.56 Å². The number of nitrogens with zero attached hydrogens (tertiary/aromatic N) is 3. The molecule has 6 nitrogen and oxygen atoms in total. The van der Waals surface area contributed by atoms with Crippen molar-refractivity contribution in [3.8, 4) is 0 Å². The zero-order valence-corrected chi connectivity index (χ0v) is 16.0. The van der Waals surface area contributed by atoms with Gasteiger partial charge in [0.2, 0.25) is 5.91 Å². The maximum Gasteiger partial charge on any atom is 0.272 e. The van der Waals surface area contributed by atoms with Gasteiger partial charge in [0.1, 0.15) is 0 Å². The molecule has 0 bridgehead atoms. The Hall–Kier alpha value is -2.21. The molecule has 2 aliphatic rings. The summed E-state index contributed by atoms with van der Waals surface area (Å²) in [6.07, 6.45) is 6.53. The summed E-state index contributed by atoms with van der Waals surface area (Å²) in [5.74, 6) is 0.626. The SMILES string of the molecule is CN(C[C@H]1CCCN2CCCC[C@H]12)C(=O)Cc1n[nH]c(=O)c2ccccc12. The molecule has 0 radical (unpaired) electrons. The van der Waals surface area contributed by atoms with E-state index in [1.807, 2.05) is 30.1 Å². The summed E-state index contributed by atoms with van der Waals surface area (Å²) >= 11 is 0. The molecule has 144 valence electrons. The van der Waals surface area contributed by atoms with E-state index in [4.69, 9.17) is 0 Å². The Labute approximate surface area is 159 Å². The Morgan fingerprint density at radius 2 is 1.96 bits per heavy atom. The van der Waals surface area contributed by atoms with Crippen molar-refractivity contribution in [1.82, 2.24) is 20.0 Å². The third-order valence-corrected chi connectivity index (χ3v) is 6.26. The van der Waals surface area contributed by atoms with Crippen LogP contribution in [-0.4, -0.2) is 58.6 Å². The highest BCUT2D eigenvalue weighted by molar-refractivity contribution is 5.88. The Morgan fingerprint density at radius 1 is 1.19 bits per heavy atom. The molecule has 1 amide bonds. The van der Waals surface area contributed by atoms with E-state index >= 15 is 0 Å². The molecule has 2 atom stereocenters. The fourth-order valence-corrected chi connectivity index (χ4v) is 4.83. The van der Waals surface area contributed by atoms with Crippen molar-refractivity contribution in [3.63, 3.8) is 0 Å². The van der Waals surface area contributed by atoms with Crippen LogP contribution >= 0.6 is 0 Å². The van der Waals surface area contributed by atoms with E-state index in [-0.39, 0.29) is 17.9 Å². The van der Waals surface area contributed by atoms with Gasteiger partial charge < -0.3 is 9.80 Å². The Kier molecular flexibility index (Phi) is 5.25. The molecule has 0 spiro atoms. The predicted molar refractivity (Wildman–Crippen MR) is 106 cm³/mol. The Morgan fingerprint density at radius 3 is 2.81 bits per heavy atom. The first-order valence-electron chi connectivity index (χ1n) is 10.1. The van der Waals surface area contributed by atoms with Crippen LogP contribution in [0.1, 0.15) is 37.8 Å². The van der Waals surface area contributed by atoms with Crippen LogP contribution in [0.3, 0.4) is 0 Å². The molecule has 4 rings (SSSR count). The lowest BCUT2D eigenvalue weighted by molar-refractivity contribution is -0.130. The van der Waals surface area contributed by atoms with Crippen molar-refractivity contribution in [1.29, 1.82) is 0 Å². The third kappa shape index (κ3) is 3.76. The van der Waals surface area contributed by atoms with Crippen LogP contribution in [0, 0.1) is 5.92 Å². The molecule has 0 saturated carbocycles. The molecule has 1 N–H and O–H groups in total. The van der Waals surface area contributed by atoms with E-state index in [2.05, 4.69) is 15.1 Å². The minimum Gasteiger partial charge on any atom is -0.345 e. The van der Waals surface area contributed by atoms with Crippen molar-refractivity contribution in [2.24, 2.45) is 5.92 Å². The standard InChI is InChI=1S/C21H28N4O2/c1-24(14-15-7-6-12-25-11-5-4-10-19(15)25)20(26)13-18-16-8-2-3-9-17(16)21(27)23-22-18/h2-3,8-9,15,19H,4-7,10-14H2,1H3,(H,23,27)/t15-,19-/m1/s1. The van der Waals surface area contributed by atoms with E-state index in [0.29, 0.717) is 23.0 Å². The summed E-state index contributed by atoms with van der Waals surface area (Å²) in [6, 6.07) is 7.97. The first-order chi connectivity index (χ1) is 13.1. The van der Waals surface area contributed by atoms with Crippen LogP contribution in [0.2, 0.25) is 0 Å². The number of fused-ring (bicyclic) bond motifs is 2. The van der Waals surface area contributed by atoms with Crippen LogP contribution in [0.4, 0.5) is 0 Å². The molecule has 1 aromatic heterocycles. The molecule has 0 unspecified atom stereocenters. The second-order valence-corrected chi connectivity index (χ2v) is 8.00. The van der Waals surface area contributed by atoms with Gasteiger partial charge in [-0.15, -0.1) is 0 Å². The normalized spacial score (nSPS) is 23.1. The minimum atomic E-state index is -0.213. The second-order valence-electron chi connectivity index (χ2n) is 8.00. The van der Waals surface area contributed by atoms with Gasteiger partial charge in [-0.2, -0.15) is 5.10 Å².